The van der Waals surface area contributed by atoms with E-state index in [2.05, 4.69) is 10.3 Å². The summed E-state index contributed by atoms with van der Waals surface area (Å²) >= 11 is 0. The Morgan fingerprint density at radius 3 is 2.29 bits per heavy atom. The number of nitrogens with two attached hydrogens (primary N) is 6. The minimum absolute atomic E-state index is 0.0103. The third-order valence-corrected chi connectivity index (χ3v) is 8.40. The van der Waals surface area contributed by atoms with Gasteiger partial charge in [0.25, 0.3) is 5.91 Å². The highest BCUT2D eigenvalue weighted by atomic mass is 16.7. The molecule has 3 rings (SSSR count). The summed E-state index contributed by atoms with van der Waals surface area (Å²) in [5, 5.41) is 65.1. The zero-order chi connectivity index (χ0) is 33.6. The number of rotatable bonds is 13. The summed E-state index contributed by atoms with van der Waals surface area (Å²) in [5.74, 6) is -0.738. The van der Waals surface area contributed by atoms with E-state index in [0.717, 1.165) is 0 Å². The summed E-state index contributed by atoms with van der Waals surface area (Å²) in [6, 6.07) is -4.38. The smallest absolute Gasteiger partial charge is 0.251 e. The van der Waals surface area contributed by atoms with Gasteiger partial charge < -0.3 is 89.3 Å². The number of aliphatic imine (C=N–C) groups is 1. The van der Waals surface area contributed by atoms with Crippen LogP contribution in [0.15, 0.2) is 4.99 Å². The van der Waals surface area contributed by atoms with Crippen LogP contribution >= 0.6 is 0 Å². The average Bonchev–Trinajstić information content (AvgIpc) is 3.00. The van der Waals surface area contributed by atoms with E-state index in [1.807, 2.05) is 0 Å². The van der Waals surface area contributed by atoms with Gasteiger partial charge in [0.05, 0.1) is 49.5 Å². The number of aliphatic hydroxyl groups is 6. The number of hydrogen-bond acceptors (Lipinski definition) is 17. The third kappa shape index (κ3) is 9.46. The van der Waals surface area contributed by atoms with Crippen molar-refractivity contribution >= 4 is 11.7 Å². The van der Waals surface area contributed by atoms with Crippen molar-refractivity contribution in [2.45, 2.75) is 130 Å². The number of nitrogens with zero attached hydrogens (tertiary/aromatic N) is 1. The minimum atomic E-state index is -1.86. The first-order chi connectivity index (χ1) is 21.2. The largest absolute Gasteiger partial charge is 0.394 e. The molecule has 1 amide bonds. The molecule has 0 bridgehead atoms. The van der Waals surface area contributed by atoms with E-state index in [9.17, 15) is 35.4 Å². The van der Waals surface area contributed by atoms with E-state index in [1.54, 1.807) is 6.92 Å². The summed E-state index contributed by atoms with van der Waals surface area (Å²) in [6.45, 7) is 1.25. The normalized spacial score (nSPS) is 41.7. The Balaban J connectivity index is 1.82. The first kappa shape index (κ1) is 37.8. The lowest BCUT2D eigenvalue weighted by Gasteiger charge is -2.48. The minimum Gasteiger partial charge on any atom is -0.394 e. The van der Waals surface area contributed by atoms with Crippen molar-refractivity contribution in [1.82, 2.24) is 5.32 Å². The van der Waals surface area contributed by atoms with Crippen LogP contribution in [0.5, 0.6) is 0 Å². The highest BCUT2D eigenvalue weighted by Gasteiger charge is 2.51. The predicted molar refractivity (Wildman–Crippen MR) is 158 cm³/mol. The van der Waals surface area contributed by atoms with Gasteiger partial charge in [-0.15, -0.1) is 0 Å². The maximum Gasteiger partial charge on any atom is 0.251 e. The van der Waals surface area contributed by atoms with E-state index in [1.165, 1.54) is 0 Å². The molecule has 262 valence electrons. The quantitative estimate of drug-likeness (QED) is 0.0648. The number of carbonyl (C=O) groups is 1. The molecule has 0 spiro atoms. The van der Waals surface area contributed by atoms with Crippen molar-refractivity contribution in [3.05, 3.63) is 0 Å². The van der Waals surface area contributed by atoms with Gasteiger partial charge in [0.2, 0.25) is 0 Å². The number of hydrogen-bond donors (Lipinski definition) is 13. The monoisotopic (exact) mass is 652 g/mol. The fraction of sp³-hybridized carbons (Fsp3) is 0.923. The number of carbonyl (C=O) groups excluding carboxylic acids is 1. The van der Waals surface area contributed by atoms with Crippen molar-refractivity contribution in [2.75, 3.05) is 19.7 Å². The first-order valence-corrected chi connectivity index (χ1v) is 15.2. The van der Waals surface area contributed by atoms with Gasteiger partial charge in [-0.05, 0) is 39.2 Å². The molecule has 1 saturated carbocycles. The summed E-state index contributed by atoms with van der Waals surface area (Å²) in [7, 11) is 0. The molecule has 45 heavy (non-hydrogen) atoms. The Bertz CT molecular complexity index is 968. The average molecular weight is 653 g/mol. The maximum atomic E-state index is 12.9. The molecule has 3 fully saturated rings. The zero-order valence-electron chi connectivity index (χ0n) is 25.3. The summed E-state index contributed by atoms with van der Waals surface area (Å²) < 4.78 is 23.6. The number of amides is 1. The molecule has 0 radical (unpaired) electrons. The van der Waals surface area contributed by atoms with E-state index < -0.39 is 110 Å². The second-order valence-electron chi connectivity index (χ2n) is 12.0. The van der Waals surface area contributed by atoms with E-state index in [0.29, 0.717) is 12.8 Å². The molecule has 2 saturated heterocycles. The summed E-state index contributed by atoms with van der Waals surface area (Å²) in [4.78, 5) is 17.1. The molecule has 0 aromatic carbocycles. The molecule has 2 heterocycles. The van der Waals surface area contributed by atoms with Crippen molar-refractivity contribution < 1.29 is 54.4 Å². The topological polar surface area (TPSA) is 356 Å². The second-order valence-corrected chi connectivity index (χ2v) is 12.0. The van der Waals surface area contributed by atoms with Gasteiger partial charge in [0, 0.05) is 6.04 Å². The fourth-order valence-electron chi connectivity index (χ4n) is 5.54. The highest BCUT2D eigenvalue weighted by Crippen LogP contribution is 2.31. The Morgan fingerprint density at radius 1 is 1.00 bits per heavy atom. The van der Waals surface area contributed by atoms with Crippen LogP contribution < -0.4 is 39.7 Å². The standard InChI is InChI=1S/C26H52N8O11/c1-9(28)23(32)33-7-10-2-3-11(29)25(42-10)44-21-12(30)6-13(34-24(41)17(37)14(36)4-5-27)22(20(21)40)45-26-19(39)16(31)18(38)15(8-35)43-26/h9-22,25-26,35-40H,2-8,27-31H2,1H3,(H2,32,33)(H,34,41)/t9?,10-,11?,12-,13+,14-,15?,16-,17-,18?,19?,20?,21?,22?,25+,26+/m0/s1. The molecule has 19 N–H and O–H groups in total. The number of ether oxygens (including phenoxy) is 4. The van der Waals surface area contributed by atoms with Crippen LogP contribution in [-0.4, -0.2) is 160 Å². The second kappa shape index (κ2) is 16.9. The van der Waals surface area contributed by atoms with Gasteiger partial charge >= 0.3 is 0 Å². The maximum absolute atomic E-state index is 12.9. The van der Waals surface area contributed by atoms with Crippen molar-refractivity contribution in [3.8, 4) is 0 Å². The lowest BCUT2D eigenvalue weighted by Crippen LogP contribution is -2.69. The van der Waals surface area contributed by atoms with Crippen LogP contribution in [0.3, 0.4) is 0 Å². The zero-order valence-corrected chi connectivity index (χ0v) is 25.3. The molecular weight excluding hydrogens is 600 g/mol. The van der Waals surface area contributed by atoms with Gasteiger partial charge in [-0.2, -0.15) is 0 Å². The lowest BCUT2D eigenvalue weighted by molar-refractivity contribution is -0.314. The molecule has 1 aliphatic carbocycles. The van der Waals surface area contributed by atoms with Gasteiger partial charge in [0.1, 0.15) is 42.5 Å². The molecule has 0 aromatic rings. The van der Waals surface area contributed by atoms with Gasteiger partial charge in [0.15, 0.2) is 18.7 Å². The van der Waals surface area contributed by atoms with Gasteiger partial charge in [-0.25, -0.2) is 0 Å². The summed E-state index contributed by atoms with van der Waals surface area (Å²) in [6.07, 6.45) is -13.9. The van der Waals surface area contributed by atoms with Crippen molar-refractivity contribution in [1.29, 1.82) is 0 Å². The van der Waals surface area contributed by atoms with Crippen LogP contribution in [0.25, 0.3) is 0 Å². The van der Waals surface area contributed by atoms with Crippen LogP contribution in [0.4, 0.5) is 0 Å². The van der Waals surface area contributed by atoms with Crippen LogP contribution in [0, 0.1) is 0 Å². The van der Waals surface area contributed by atoms with Crippen molar-refractivity contribution in [3.63, 3.8) is 0 Å². The highest BCUT2D eigenvalue weighted by molar-refractivity contribution is 5.85. The van der Waals surface area contributed by atoms with E-state index in [4.69, 9.17) is 53.3 Å². The molecule has 3 aliphatic rings. The Labute approximate surface area is 261 Å². The number of amidine groups is 1. The van der Waals surface area contributed by atoms with Crippen LogP contribution in [-0.2, 0) is 23.7 Å². The molecule has 16 atom stereocenters. The number of nitrogens with one attached hydrogen (secondary N) is 1. The Hall–Kier alpha value is -1.66. The molecular formula is C26H52N8O11. The Kier molecular flexibility index (Phi) is 14.2. The van der Waals surface area contributed by atoms with Gasteiger partial charge in [-0.1, -0.05) is 0 Å². The van der Waals surface area contributed by atoms with Crippen molar-refractivity contribution in [2.24, 2.45) is 39.4 Å². The fourth-order valence-corrected chi connectivity index (χ4v) is 5.54. The van der Waals surface area contributed by atoms with Gasteiger partial charge in [-0.3, -0.25) is 9.79 Å². The third-order valence-electron chi connectivity index (χ3n) is 8.40. The first-order valence-electron chi connectivity index (χ1n) is 15.2. The summed E-state index contributed by atoms with van der Waals surface area (Å²) in [5.41, 5.74) is 35.6. The molecule has 19 heteroatoms. The van der Waals surface area contributed by atoms with Crippen LogP contribution in [0.1, 0.15) is 32.6 Å². The molecule has 19 nitrogen and oxygen atoms in total. The number of aliphatic hydroxyl groups excluding tert-OH is 6. The molecule has 2 aliphatic heterocycles. The molecule has 8 unspecified atom stereocenters. The lowest BCUT2D eigenvalue weighted by atomic mass is 9.83. The molecule has 0 aromatic heterocycles. The van der Waals surface area contributed by atoms with E-state index >= 15 is 0 Å². The van der Waals surface area contributed by atoms with E-state index in [-0.39, 0.29) is 31.8 Å². The Morgan fingerprint density at radius 2 is 1.67 bits per heavy atom. The SMILES string of the molecule is CC(N)C(N)=NC[C@@H]1CCC(N)[C@@H](OC2C(O)C(O[C@H]3OC(CO)C(O)[C@H](N)C3O)[C@H](NC(=O)[C@@H](O)[C@@H](O)CCN)C[C@@H]2N)O1. The van der Waals surface area contributed by atoms with Crippen LogP contribution in [0.2, 0.25) is 0 Å². The predicted octanol–water partition coefficient (Wildman–Crippen LogP) is -7.29.